The highest BCUT2D eigenvalue weighted by molar-refractivity contribution is 5.79. The van der Waals surface area contributed by atoms with Crippen LogP contribution in [-0.4, -0.2) is 24.2 Å². The molecule has 0 aliphatic carbocycles. The Kier molecular flexibility index (Phi) is 5.26. The van der Waals surface area contributed by atoms with Crippen molar-refractivity contribution in [1.29, 1.82) is 0 Å². The maximum absolute atomic E-state index is 12.2. The molecule has 3 aromatic rings. The van der Waals surface area contributed by atoms with Crippen LogP contribution >= 0.6 is 0 Å². The van der Waals surface area contributed by atoms with Crippen LogP contribution in [0.1, 0.15) is 12.5 Å². The predicted molar refractivity (Wildman–Crippen MR) is 96.5 cm³/mol. The zero-order valence-electron chi connectivity index (χ0n) is 14.7. The molecule has 0 aliphatic rings. The Hall–Kier alpha value is -3.22. The Morgan fingerprint density at radius 1 is 1.19 bits per heavy atom. The lowest BCUT2D eigenvalue weighted by atomic mass is 10.2. The van der Waals surface area contributed by atoms with E-state index in [1.807, 2.05) is 19.1 Å². The summed E-state index contributed by atoms with van der Waals surface area (Å²) in [5.41, 5.74) is 1.92. The second-order valence-corrected chi connectivity index (χ2v) is 5.62. The number of hydrogen-bond acceptors (Lipinski definition) is 5. The van der Waals surface area contributed by atoms with E-state index >= 15 is 0 Å². The molecule has 0 saturated heterocycles. The summed E-state index contributed by atoms with van der Waals surface area (Å²) in [6.45, 7) is 2.64. The highest BCUT2D eigenvalue weighted by Crippen LogP contribution is 2.27. The first-order valence-electron chi connectivity index (χ1n) is 8.27. The monoisotopic (exact) mass is 356 g/mol. The van der Waals surface area contributed by atoms with Crippen molar-refractivity contribution in [1.82, 2.24) is 9.88 Å². The van der Waals surface area contributed by atoms with Gasteiger partial charge in [0.25, 0.3) is 0 Å². The Morgan fingerprint density at radius 2 is 2.00 bits per heavy atom. The maximum atomic E-state index is 12.2. The van der Waals surface area contributed by atoms with E-state index in [2.05, 4.69) is 5.32 Å². The Bertz CT molecular complexity index is 973. The minimum atomic E-state index is -0.552. The molecule has 136 valence electrons. The average molecular weight is 356 g/mol. The summed E-state index contributed by atoms with van der Waals surface area (Å²) < 4.78 is 17.2. The first kappa shape index (κ1) is 17.6. The Morgan fingerprint density at radius 3 is 2.77 bits per heavy atom. The van der Waals surface area contributed by atoms with Gasteiger partial charge in [0.05, 0.1) is 19.2 Å². The molecule has 0 spiro atoms. The summed E-state index contributed by atoms with van der Waals surface area (Å²) in [7, 11) is 1.57. The molecule has 0 atom stereocenters. The van der Waals surface area contributed by atoms with Crippen LogP contribution in [0.15, 0.2) is 51.7 Å². The number of hydrogen-bond donors (Lipinski definition) is 1. The molecule has 1 N–H and O–H groups in total. The molecular formula is C19H20N2O5. The number of oxazole rings is 1. The number of nitrogens with zero attached hydrogens (tertiary/aromatic N) is 1. The van der Waals surface area contributed by atoms with E-state index < -0.39 is 5.76 Å². The van der Waals surface area contributed by atoms with Crippen molar-refractivity contribution in [3.8, 4) is 11.5 Å². The SMILES string of the molecule is CCOc1ccc(CNC(=O)Cn2c(=O)oc3ccccc32)cc1OC. The molecule has 3 rings (SSSR count). The highest BCUT2D eigenvalue weighted by atomic mass is 16.5. The lowest BCUT2D eigenvalue weighted by molar-refractivity contribution is -0.121. The topological polar surface area (TPSA) is 82.7 Å². The van der Waals surface area contributed by atoms with Gasteiger partial charge in [-0.05, 0) is 36.8 Å². The quantitative estimate of drug-likeness (QED) is 0.702. The number of aromatic nitrogens is 1. The molecular weight excluding hydrogens is 336 g/mol. The second-order valence-electron chi connectivity index (χ2n) is 5.62. The van der Waals surface area contributed by atoms with Gasteiger partial charge in [-0.25, -0.2) is 4.79 Å². The number of carbonyl (C=O) groups excluding carboxylic acids is 1. The third-order valence-electron chi connectivity index (χ3n) is 3.89. The van der Waals surface area contributed by atoms with Crippen molar-refractivity contribution >= 4 is 17.0 Å². The van der Waals surface area contributed by atoms with Gasteiger partial charge in [0.1, 0.15) is 6.54 Å². The van der Waals surface area contributed by atoms with Gasteiger partial charge in [-0.3, -0.25) is 9.36 Å². The third kappa shape index (κ3) is 3.72. The van der Waals surface area contributed by atoms with Gasteiger partial charge in [-0.1, -0.05) is 18.2 Å². The number of benzene rings is 2. The number of ether oxygens (including phenoxy) is 2. The van der Waals surface area contributed by atoms with Gasteiger partial charge >= 0.3 is 5.76 Å². The molecule has 0 saturated carbocycles. The molecule has 1 amide bonds. The van der Waals surface area contributed by atoms with Crippen molar-refractivity contribution < 1.29 is 18.7 Å². The molecule has 7 nitrogen and oxygen atoms in total. The number of rotatable bonds is 7. The molecule has 0 aliphatic heterocycles. The van der Waals surface area contributed by atoms with Gasteiger partial charge in [-0.15, -0.1) is 0 Å². The first-order valence-corrected chi connectivity index (χ1v) is 8.27. The minimum absolute atomic E-state index is 0.107. The standard InChI is InChI=1S/C19H20N2O5/c1-3-25-16-9-8-13(10-17(16)24-2)11-20-18(22)12-21-14-6-4-5-7-15(14)26-19(21)23/h4-10H,3,11-12H2,1-2H3,(H,20,22). The van der Waals surface area contributed by atoms with Crippen LogP contribution in [0, 0.1) is 0 Å². The van der Waals surface area contributed by atoms with Crippen LogP contribution in [0.5, 0.6) is 11.5 Å². The minimum Gasteiger partial charge on any atom is -0.493 e. The van der Waals surface area contributed by atoms with Gasteiger partial charge in [-0.2, -0.15) is 0 Å². The third-order valence-corrected chi connectivity index (χ3v) is 3.89. The number of nitrogens with one attached hydrogen (secondary N) is 1. The molecule has 0 fully saturated rings. The fraction of sp³-hybridized carbons (Fsp3) is 0.263. The van der Waals surface area contributed by atoms with E-state index in [-0.39, 0.29) is 12.5 Å². The van der Waals surface area contributed by atoms with Gasteiger partial charge in [0, 0.05) is 6.54 Å². The van der Waals surface area contributed by atoms with E-state index in [0.29, 0.717) is 35.8 Å². The number of carbonyl (C=O) groups is 1. The van der Waals surface area contributed by atoms with Crippen LogP contribution in [0.3, 0.4) is 0 Å². The summed E-state index contributed by atoms with van der Waals surface area (Å²) >= 11 is 0. The summed E-state index contributed by atoms with van der Waals surface area (Å²) in [5.74, 6) is 0.424. The van der Waals surface area contributed by atoms with E-state index in [1.165, 1.54) is 4.57 Å². The molecule has 1 aromatic heterocycles. The smallest absolute Gasteiger partial charge is 0.420 e. The van der Waals surface area contributed by atoms with Crippen molar-refractivity contribution in [3.05, 3.63) is 58.6 Å². The van der Waals surface area contributed by atoms with Crippen LogP contribution < -0.4 is 20.5 Å². The molecule has 2 aromatic carbocycles. The fourth-order valence-corrected chi connectivity index (χ4v) is 2.66. The molecule has 26 heavy (non-hydrogen) atoms. The lowest BCUT2D eigenvalue weighted by Gasteiger charge is -2.11. The van der Waals surface area contributed by atoms with Crippen molar-refractivity contribution in [2.75, 3.05) is 13.7 Å². The molecule has 0 unspecified atom stereocenters. The van der Waals surface area contributed by atoms with Gasteiger partial charge in [0.2, 0.25) is 5.91 Å². The van der Waals surface area contributed by atoms with Crippen LogP contribution in [0.25, 0.3) is 11.1 Å². The molecule has 7 heteroatoms. The van der Waals surface area contributed by atoms with Crippen LogP contribution in [0.4, 0.5) is 0 Å². The number of fused-ring (bicyclic) bond motifs is 1. The van der Waals surface area contributed by atoms with E-state index in [9.17, 15) is 9.59 Å². The number of methoxy groups -OCH3 is 1. The highest BCUT2D eigenvalue weighted by Gasteiger charge is 2.12. The Labute approximate surface area is 150 Å². The van der Waals surface area contributed by atoms with Crippen LogP contribution in [-0.2, 0) is 17.9 Å². The predicted octanol–water partition coefficient (Wildman–Crippen LogP) is 2.32. The molecule has 0 bridgehead atoms. The van der Waals surface area contributed by atoms with Crippen molar-refractivity contribution in [3.63, 3.8) is 0 Å². The lowest BCUT2D eigenvalue weighted by Crippen LogP contribution is -2.30. The van der Waals surface area contributed by atoms with E-state index in [1.54, 1.807) is 37.4 Å². The van der Waals surface area contributed by atoms with Crippen molar-refractivity contribution in [2.24, 2.45) is 0 Å². The van der Waals surface area contributed by atoms with Gasteiger partial charge in [0.15, 0.2) is 17.1 Å². The molecule has 1 heterocycles. The van der Waals surface area contributed by atoms with Gasteiger partial charge < -0.3 is 19.2 Å². The normalized spacial score (nSPS) is 10.7. The number of para-hydroxylation sites is 2. The number of amides is 1. The van der Waals surface area contributed by atoms with Crippen molar-refractivity contribution in [2.45, 2.75) is 20.0 Å². The fourth-order valence-electron chi connectivity index (χ4n) is 2.66. The summed E-state index contributed by atoms with van der Waals surface area (Å²) in [4.78, 5) is 24.2. The van der Waals surface area contributed by atoms with Crippen LogP contribution in [0.2, 0.25) is 0 Å². The second kappa shape index (κ2) is 7.77. The zero-order chi connectivity index (χ0) is 18.5. The van der Waals surface area contributed by atoms with E-state index in [4.69, 9.17) is 13.9 Å². The molecule has 0 radical (unpaired) electrons. The summed E-state index contributed by atoms with van der Waals surface area (Å²) in [6.07, 6.45) is 0. The first-order chi connectivity index (χ1) is 12.6. The summed E-state index contributed by atoms with van der Waals surface area (Å²) in [5, 5.41) is 2.80. The largest absolute Gasteiger partial charge is 0.493 e. The van der Waals surface area contributed by atoms with E-state index in [0.717, 1.165) is 5.56 Å². The zero-order valence-corrected chi connectivity index (χ0v) is 14.7. The maximum Gasteiger partial charge on any atom is 0.420 e. The summed E-state index contributed by atoms with van der Waals surface area (Å²) in [6, 6.07) is 12.5. The average Bonchev–Trinajstić information content (AvgIpc) is 2.96. The Balaban J connectivity index is 1.67.